The van der Waals surface area contributed by atoms with E-state index in [1.54, 1.807) is 6.20 Å². The van der Waals surface area contributed by atoms with Gasteiger partial charge < -0.3 is 0 Å². The van der Waals surface area contributed by atoms with Crippen LogP contribution in [-0.4, -0.2) is 15.0 Å². The first-order valence-corrected chi connectivity index (χ1v) is 18.1. The highest BCUT2D eigenvalue weighted by molar-refractivity contribution is 6.19. The van der Waals surface area contributed by atoms with Crippen LogP contribution in [0.1, 0.15) is 33.4 Å². The Morgan fingerprint density at radius 3 is 1.83 bits per heavy atom. The molecule has 3 heteroatoms. The molecule has 11 rings (SSSR count). The fourth-order valence-corrected chi connectivity index (χ4v) is 9.00. The highest BCUT2D eigenvalue weighted by Crippen LogP contribution is 2.62. The van der Waals surface area contributed by atoms with Gasteiger partial charge in [0.15, 0.2) is 5.82 Å². The molecule has 0 amide bonds. The molecule has 1 unspecified atom stereocenters. The summed E-state index contributed by atoms with van der Waals surface area (Å²) in [5.41, 5.74) is 14.2. The van der Waals surface area contributed by atoms with Crippen LogP contribution >= 0.6 is 0 Å². The molecule has 1 atom stereocenters. The molecule has 2 aliphatic carbocycles. The number of pyridine rings is 1. The maximum absolute atomic E-state index is 5.26. The van der Waals surface area contributed by atoms with Crippen LogP contribution in [0.2, 0.25) is 0 Å². The second-order valence-corrected chi connectivity index (χ2v) is 13.9. The summed E-state index contributed by atoms with van der Waals surface area (Å²) >= 11 is 0. The molecule has 0 N–H and O–H groups in total. The molecule has 0 saturated carbocycles. The van der Waals surface area contributed by atoms with E-state index in [1.807, 2.05) is 30.5 Å². The van der Waals surface area contributed by atoms with E-state index in [2.05, 4.69) is 157 Å². The Morgan fingerprint density at radius 2 is 1.04 bits per heavy atom. The first-order chi connectivity index (χ1) is 26.3. The number of hydrogen-bond acceptors (Lipinski definition) is 3. The quantitative estimate of drug-likeness (QED) is 0.175. The number of aromatic nitrogens is 3. The van der Waals surface area contributed by atoms with Gasteiger partial charge in [-0.05, 0) is 90.3 Å². The largest absolute Gasteiger partial charge is 0.264 e. The Morgan fingerprint density at radius 1 is 0.415 bits per heavy atom. The van der Waals surface area contributed by atoms with Crippen molar-refractivity contribution in [3.05, 3.63) is 210 Å². The van der Waals surface area contributed by atoms with Gasteiger partial charge in [0.1, 0.15) is 0 Å². The van der Waals surface area contributed by atoms with E-state index < -0.39 is 5.41 Å². The molecular formula is C50H31N3. The molecule has 0 fully saturated rings. The van der Waals surface area contributed by atoms with Gasteiger partial charge in [-0.25, -0.2) is 9.97 Å². The Labute approximate surface area is 307 Å². The first kappa shape index (κ1) is 29.7. The zero-order valence-electron chi connectivity index (χ0n) is 28.7. The van der Waals surface area contributed by atoms with Crippen molar-refractivity contribution in [2.75, 3.05) is 0 Å². The summed E-state index contributed by atoms with van der Waals surface area (Å²) in [7, 11) is 0. The van der Waals surface area contributed by atoms with Crippen LogP contribution < -0.4 is 0 Å². The minimum absolute atomic E-state index is 0.609. The van der Waals surface area contributed by atoms with Crippen LogP contribution in [0.25, 0.3) is 78.7 Å². The van der Waals surface area contributed by atoms with Gasteiger partial charge in [0.25, 0.3) is 0 Å². The predicted molar refractivity (Wildman–Crippen MR) is 217 cm³/mol. The van der Waals surface area contributed by atoms with Crippen LogP contribution in [0.15, 0.2) is 176 Å². The summed E-state index contributed by atoms with van der Waals surface area (Å²) in [6.07, 6.45) is 8.26. The summed E-state index contributed by atoms with van der Waals surface area (Å²) in [6.45, 7) is 0. The predicted octanol–water partition coefficient (Wildman–Crippen LogP) is 12.0. The van der Waals surface area contributed by atoms with E-state index in [1.165, 1.54) is 66.1 Å². The van der Waals surface area contributed by atoms with E-state index in [4.69, 9.17) is 9.97 Å². The van der Waals surface area contributed by atoms with Crippen LogP contribution in [0, 0.1) is 0 Å². The van der Waals surface area contributed by atoms with Gasteiger partial charge in [0, 0.05) is 29.1 Å². The monoisotopic (exact) mass is 673 g/mol. The maximum Gasteiger partial charge on any atom is 0.160 e. The standard InChI is InChI=1S/C50H31N3/c1-2-14-34(15-3-1)49-52-45(30-46(53-49)36-16-12-28-51-31-36)35-27-26-33-25-24-32-13-4-10-22-42(32)50(44(33)29-35)43-23-11-9-21-41(43)47-39-19-7-5-17-37(39)38-18-6-8-20-40(38)48(47)50/h1-31H. The fraction of sp³-hybridized carbons (Fsp3) is 0.0200. The lowest BCUT2D eigenvalue weighted by Gasteiger charge is -2.36. The normalized spacial score (nSPS) is 15.2. The van der Waals surface area contributed by atoms with Gasteiger partial charge in [0.05, 0.1) is 16.8 Å². The fourth-order valence-electron chi connectivity index (χ4n) is 9.00. The molecule has 7 aromatic carbocycles. The third kappa shape index (κ3) is 4.31. The zero-order valence-corrected chi connectivity index (χ0v) is 28.7. The van der Waals surface area contributed by atoms with Crippen LogP contribution in [0.4, 0.5) is 0 Å². The molecule has 3 nitrogen and oxygen atoms in total. The van der Waals surface area contributed by atoms with Gasteiger partial charge >= 0.3 is 0 Å². The van der Waals surface area contributed by atoms with E-state index in [0.29, 0.717) is 5.82 Å². The van der Waals surface area contributed by atoms with E-state index in [0.717, 1.165) is 28.1 Å². The molecule has 0 radical (unpaired) electrons. The lowest BCUT2D eigenvalue weighted by molar-refractivity contribution is 0.774. The van der Waals surface area contributed by atoms with Gasteiger partial charge in [-0.15, -0.1) is 0 Å². The van der Waals surface area contributed by atoms with Gasteiger partial charge in [-0.2, -0.15) is 0 Å². The number of fused-ring (bicyclic) bond motifs is 14. The lowest BCUT2D eigenvalue weighted by atomic mass is 9.64. The molecule has 1 spiro atoms. The Balaban J connectivity index is 1.27. The second-order valence-electron chi connectivity index (χ2n) is 13.9. The van der Waals surface area contributed by atoms with Crippen molar-refractivity contribution in [3.63, 3.8) is 0 Å². The van der Waals surface area contributed by atoms with Crippen molar-refractivity contribution < 1.29 is 0 Å². The van der Waals surface area contributed by atoms with Crippen LogP contribution in [0.3, 0.4) is 0 Å². The minimum atomic E-state index is -0.609. The molecule has 0 bridgehead atoms. The summed E-state index contributed by atoms with van der Waals surface area (Å²) in [5.74, 6) is 0.686. The van der Waals surface area contributed by atoms with Crippen molar-refractivity contribution in [1.29, 1.82) is 0 Å². The molecule has 246 valence electrons. The Hall–Kier alpha value is -6.97. The third-order valence-corrected chi connectivity index (χ3v) is 11.2. The summed E-state index contributed by atoms with van der Waals surface area (Å²) < 4.78 is 0. The molecule has 2 heterocycles. The molecule has 0 aliphatic heterocycles. The average molecular weight is 674 g/mol. The third-order valence-electron chi connectivity index (χ3n) is 11.2. The molecule has 0 saturated heterocycles. The first-order valence-electron chi connectivity index (χ1n) is 18.1. The van der Waals surface area contributed by atoms with Gasteiger partial charge in [0.2, 0.25) is 0 Å². The summed E-state index contributed by atoms with van der Waals surface area (Å²) in [5, 5.41) is 5.10. The number of benzene rings is 7. The zero-order chi connectivity index (χ0) is 34.9. The number of rotatable bonds is 3. The van der Waals surface area contributed by atoms with Gasteiger partial charge in [-0.1, -0.05) is 152 Å². The van der Waals surface area contributed by atoms with Crippen LogP contribution in [-0.2, 0) is 5.41 Å². The van der Waals surface area contributed by atoms with Crippen molar-refractivity contribution in [3.8, 4) is 45.0 Å². The van der Waals surface area contributed by atoms with Crippen molar-refractivity contribution >= 4 is 33.7 Å². The molecule has 53 heavy (non-hydrogen) atoms. The van der Waals surface area contributed by atoms with Crippen molar-refractivity contribution in [2.45, 2.75) is 5.41 Å². The summed E-state index contributed by atoms with van der Waals surface area (Å²) in [6, 6.07) is 59.2. The smallest absolute Gasteiger partial charge is 0.160 e. The molecule has 2 aliphatic rings. The average Bonchev–Trinajstić information content (AvgIpc) is 3.47. The van der Waals surface area contributed by atoms with Gasteiger partial charge in [-0.3, -0.25) is 4.98 Å². The van der Waals surface area contributed by atoms with Crippen LogP contribution in [0.5, 0.6) is 0 Å². The SMILES string of the molecule is C1=Cc2ccc(-c3cc(-c4cccnc4)nc(-c4ccccc4)n3)cc2C2(c3ccccc31)c1ccccc1-c1c2c2ccccc2c2ccccc12. The van der Waals surface area contributed by atoms with E-state index >= 15 is 0 Å². The Bertz CT molecular complexity index is 2890. The maximum atomic E-state index is 5.26. The molecular weight excluding hydrogens is 643 g/mol. The Kier molecular flexibility index (Phi) is 6.47. The lowest BCUT2D eigenvalue weighted by Crippen LogP contribution is -2.30. The minimum Gasteiger partial charge on any atom is -0.264 e. The van der Waals surface area contributed by atoms with Crippen molar-refractivity contribution in [2.24, 2.45) is 0 Å². The second kappa shape index (κ2) is 11.5. The van der Waals surface area contributed by atoms with E-state index in [-0.39, 0.29) is 0 Å². The molecule has 2 aromatic heterocycles. The summed E-state index contributed by atoms with van der Waals surface area (Å²) in [4.78, 5) is 14.7. The number of hydrogen-bond donors (Lipinski definition) is 0. The highest BCUT2D eigenvalue weighted by atomic mass is 14.9. The molecule has 9 aromatic rings. The number of nitrogens with zero attached hydrogens (tertiary/aromatic N) is 3. The van der Waals surface area contributed by atoms with Crippen molar-refractivity contribution in [1.82, 2.24) is 15.0 Å². The topological polar surface area (TPSA) is 38.7 Å². The van der Waals surface area contributed by atoms with E-state index in [9.17, 15) is 0 Å². The highest BCUT2D eigenvalue weighted by Gasteiger charge is 2.50.